The molecule has 0 amide bonds. The molecule has 0 heterocycles. The number of carboxylic acid groups (broad SMARTS) is 1. The Labute approximate surface area is 93.3 Å². The third-order valence-corrected chi connectivity index (χ3v) is 2.16. The van der Waals surface area contributed by atoms with E-state index in [2.05, 4.69) is 5.92 Å². The highest BCUT2D eigenvalue weighted by Gasteiger charge is 2.13. The highest BCUT2D eigenvalue weighted by Crippen LogP contribution is 2.23. The van der Waals surface area contributed by atoms with E-state index in [1.54, 1.807) is 24.1 Å². The first kappa shape index (κ1) is 11.4. The smallest absolute Gasteiger partial charge is 0.337 e. The number of halogens is 1. The molecule has 0 bridgehead atoms. The third-order valence-electron chi connectivity index (χ3n) is 1.93. The molecule has 4 heteroatoms. The molecule has 3 nitrogen and oxygen atoms in total. The first-order valence-corrected chi connectivity index (χ1v) is 4.61. The molecule has 0 aliphatic carbocycles. The molecule has 0 aliphatic heterocycles. The van der Waals surface area contributed by atoms with Gasteiger partial charge in [-0.05, 0) is 18.2 Å². The molecule has 1 aromatic carbocycles. The first-order valence-electron chi connectivity index (χ1n) is 4.23. The van der Waals surface area contributed by atoms with E-state index in [0.29, 0.717) is 17.3 Å². The third kappa shape index (κ3) is 2.64. The van der Waals surface area contributed by atoms with E-state index in [0.717, 1.165) is 0 Å². The zero-order chi connectivity index (χ0) is 11.4. The van der Waals surface area contributed by atoms with Crippen LogP contribution in [0.3, 0.4) is 0 Å². The molecule has 0 aliphatic rings. The molecule has 78 valence electrons. The van der Waals surface area contributed by atoms with Gasteiger partial charge in [-0.15, -0.1) is 6.42 Å². The van der Waals surface area contributed by atoms with Gasteiger partial charge in [-0.25, -0.2) is 4.79 Å². The van der Waals surface area contributed by atoms with Gasteiger partial charge in [0.05, 0.1) is 17.8 Å². The van der Waals surface area contributed by atoms with Crippen LogP contribution in [0.4, 0.5) is 5.69 Å². The van der Waals surface area contributed by atoms with E-state index >= 15 is 0 Å². The van der Waals surface area contributed by atoms with Gasteiger partial charge in [-0.2, -0.15) is 0 Å². The Morgan fingerprint density at radius 3 is 2.87 bits per heavy atom. The molecule has 15 heavy (non-hydrogen) atoms. The number of carbonyl (C=O) groups is 1. The summed E-state index contributed by atoms with van der Waals surface area (Å²) < 4.78 is 0. The van der Waals surface area contributed by atoms with Crippen molar-refractivity contribution < 1.29 is 9.90 Å². The van der Waals surface area contributed by atoms with Crippen molar-refractivity contribution >= 4 is 23.3 Å². The van der Waals surface area contributed by atoms with Crippen LogP contribution in [0.15, 0.2) is 18.2 Å². The average Bonchev–Trinajstić information content (AvgIpc) is 2.17. The Kier molecular flexibility index (Phi) is 3.59. The van der Waals surface area contributed by atoms with Crippen molar-refractivity contribution in [1.82, 2.24) is 0 Å². The Balaban J connectivity index is 3.17. The maximum atomic E-state index is 10.9. The highest BCUT2D eigenvalue weighted by molar-refractivity contribution is 6.31. The molecule has 0 saturated heterocycles. The fourth-order valence-electron chi connectivity index (χ4n) is 1.23. The van der Waals surface area contributed by atoms with Crippen molar-refractivity contribution in [2.45, 2.75) is 0 Å². The molecule has 1 aromatic rings. The van der Waals surface area contributed by atoms with Crippen LogP contribution in [-0.2, 0) is 0 Å². The van der Waals surface area contributed by atoms with Crippen molar-refractivity contribution in [1.29, 1.82) is 0 Å². The first-order chi connectivity index (χ1) is 7.06. The SMILES string of the molecule is C#CCN(C)c1ccc(Cl)cc1C(=O)O. The number of hydrogen-bond donors (Lipinski definition) is 1. The second-order valence-corrected chi connectivity index (χ2v) is 3.46. The summed E-state index contributed by atoms with van der Waals surface area (Å²) in [6.45, 7) is 0.349. The van der Waals surface area contributed by atoms with E-state index in [9.17, 15) is 4.79 Å². The summed E-state index contributed by atoms with van der Waals surface area (Å²) in [6.07, 6.45) is 5.16. The molecular weight excluding hydrogens is 214 g/mol. The minimum Gasteiger partial charge on any atom is -0.478 e. The summed E-state index contributed by atoms with van der Waals surface area (Å²) >= 11 is 5.72. The molecular formula is C11H10ClNO2. The summed E-state index contributed by atoms with van der Waals surface area (Å²) in [5, 5.41) is 9.36. The molecule has 0 atom stereocenters. The standard InChI is InChI=1S/C11H10ClNO2/c1-3-6-13(2)10-5-4-8(12)7-9(10)11(14)15/h1,4-5,7H,6H2,2H3,(H,14,15). The number of terminal acetylenes is 1. The van der Waals surface area contributed by atoms with Gasteiger partial charge in [-0.1, -0.05) is 17.5 Å². The number of carboxylic acids is 1. The normalized spacial score (nSPS) is 9.40. The second kappa shape index (κ2) is 4.72. The lowest BCUT2D eigenvalue weighted by Crippen LogP contribution is -2.19. The molecule has 1 N–H and O–H groups in total. The van der Waals surface area contributed by atoms with Crippen molar-refractivity contribution in [3.8, 4) is 12.3 Å². The van der Waals surface area contributed by atoms with Crippen LogP contribution >= 0.6 is 11.6 Å². The molecule has 0 unspecified atom stereocenters. The van der Waals surface area contributed by atoms with Crippen LogP contribution in [0.5, 0.6) is 0 Å². The predicted molar refractivity (Wildman–Crippen MR) is 60.5 cm³/mol. The van der Waals surface area contributed by atoms with Gasteiger partial charge < -0.3 is 10.0 Å². The van der Waals surface area contributed by atoms with Gasteiger partial charge in [0.1, 0.15) is 0 Å². The Hall–Kier alpha value is -1.66. The van der Waals surface area contributed by atoms with Crippen molar-refractivity contribution in [3.63, 3.8) is 0 Å². The predicted octanol–water partition coefficient (Wildman–Crippen LogP) is 2.11. The number of aromatic carboxylic acids is 1. The zero-order valence-corrected chi connectivity index (χ0v) is 8.95. The van der Waals surface area contributed by atoms with Gasteiger partial charge in [0, 0.05) is 12.1 Å². The molecule has 0 aromatic heterocycles. The quantitative estimate of drug-likeness (QED) is 0.798. The molecule has 0 spiro atoms. The molecule has 1 rings (SSSR count). The van der Waals surface area contributed by atoms with Crippen LogP contribution in [-0.4, -0.2) is 24.7 Å². The van der Waals surface area contributed by atoms with E-state index in [-0.39, 0.29) is 5.56 Å². The minimum absolute atomic E-state index is 0.153. The lowest BCUT2D eigenvalue weighted by molar-refractivity contribution is 0.0697. The topological polar surface area (TPSA) is 40.5 Å². The van der Waals surface area contributed by atoms with Gasteiger partial charge in [0.25, 0.3) is 0 Å². The monoisotopic (exact) mass is 223 g/mol. The molecule has 0 radical (unpaired) electrons. The van der Waals surface area contributed by atoms with Crippen molar-refractivity contribution in [2.75, 3.05) is 18.5 Å². The van der Waals surface area contributed by atoms with Crippen molar-refractivity contribution in [2.24, 2.45) is 0 Å². The molecule has 0 saturated carbocycles. The van der Waals surface area contributed by atoms with Crippen molar-refractivity contribution in [3.05, 3.63) is 28.8 Å². The van der Waals surface area contributed by atoms with E-state index in [4.69, 9.17) is 23.1 Å². The van der Waals surface area contributed by atoms with Crippen LogP contribution in [0.1, 0.15) is 10.4 Å². The fraction of sp³-hybridized carbons (Fsp3) is 0.182. The summed E-state index contributed by atoms with van der Waals surface area (Å²) in [4.78, 5) is 12.6. The van der Waals surface area contributed by atoms with Gasteiger partial charge in [0.15, 0.2) is 0 Å². The minimum atomic E-state index is -1.02. The summed E-state index contributed by atoms with van der Waals surface area (Å²) in [5.74, 6) is 1.43. The average molecular weight is 224 g/mol. The maximum Gasteiger partial charge on any atom is 0.337 e. The fourth-order valence-corrected chi connectivity index (χ4v) is 1.41. The van der Waals surface area contributed by atoms with Crippen LogP contribution in [0.25, 0.3) is 0 Å². The van der Waals surface area contributed by atoms with Crippen LogP contribution in [0, 0.1) is 12.3 Å². The Morgan fingerprint density at radius 1 is 1.67 bits per heavy atom. The van der Waals surface area contributed by atoms with Gasteiger partial charge in [0.2, 0.25) is 0 Å². The largest absolute Gasteiger partial charge is 0.478 e. The summed E-state index contributed by atoms with van der Waals surface area (Å²) in [6, 6.07) is 4.69. The van der Waals surface area contributed by atoms with E-state index in [1.165, 1.54) is 6.07 Å². The lowest BCUT2D eigenvalue weighted by Gasteiger charge is -2.18. The number of anilines is 1. The molecule has 0 fully saturated rings. The van der Waals surface area contributed by atoms with E-state index < -0.39 is 5.97 Å². The highest BCUT2D eigenvalue weighted by atomic mass is 35.5. The Morgan fingerprint density at radius 2 is 2.33 bits per heavy atom. The van der Waals surface area contributed by atoms with Gasteiger partial charge >= 0.3 is 5.97 Å². The maximum absolute atomic E-state index is 10.9. The Bertz CT molecular complexity index is 423. The van der Waals surface area contributed by atoms with Crippen LogP contribution in [0.2, 0.25) is 5.02 Å². The number of rotatable bonds is 3. The van der Waals surface area contributed by atoms with E-state index in [1.807, 2.05) is 0 Å². The lowest BCUT2D eigenvalue weighted by atomic mass is 10.1. The van der Waals surface area contributed by atoms with Gasteiger partial charge in [-0.3, -0.25) is 0 Å². The van der Waals surface area contributed by atoms with Crippen LogP contribution < -0.4 is 4.90 Å². The zero-order valence-electron chi connectivity index (χ0n) is 8.20. The second-order valence-electron chi connectivity index (χ2n) is 3.03. The summed E-state index contributed by atoms with van der Waals surface area (Å²) in [7, 11) is 1.73. The number of nitrogens with zero attached hydrogens (tertiary/aromatic N) is 1. The number of benzene rings is 1. The number of hydrogen-bond acceptors (Lipinski definition) is 2. The summed E-state index contributed by atoms with van der Waals surface area (Å²) in [5.41, 5.74) is 0.713.